The smallest absolute Gasteiger partial charge is 0.240 e. The van der Waals surface area contributed by atoms with Crippen molar-refractivity contribution < 1.29 is 9.53 Å². The van der Waals surface area contributed by atoms with Crippen molar-refractivity contribution in [3.8, 4) is 0 Å². The van der Waals surface area contributed by atoms with Crippen molar-refractivity contribution in [2.24, 2.45) is 5.73 Å². The number of amides is 1. The Morgan fingerprint density at radius 3 is 3.06 bits per heavy atom. The van der Waals surface area contributed by atoms with Gasteiger partial charge in [0.2, 0.25) is 5.91 Å². The zero-order chi connectivity index (χ0) is 11.5. The Kier molecular flexibility index (Phi) is 3.22. The van der Waals surface area contributed by atoms with Crippen LogP contribution in [0.25, 0.3) is 0 Å². The Bertz CT molecular complexity index is 404. The van der Waals surface area contributed by atoms with Gasteiger partial charge in [0.15, 0.2) is 0 Å². The third-order valence-electron chi connectivity index (χ3n) is 2.90. The molecule has 2 N–H and O–H groups in total. The van der Waals surface area contributed by atoms with Crippen molar-refractivity contribution in [3.63, 3.8) is 0 Å². The van der Waals surface area contributed by atoms with E-state index in [-0.39, 0.29) is 12.5 Å². The van der Waals surface area contributed by atoms with Crippen molar-refractivity contribution >= 4 is 11.6 Å². The highest BCUT2D eigenvalue weighted by Crippen LogP contribution is 2.30. The molecule has 0 spiro atoms. The molecule has 16 heavy (non-hydrogen) atoms. The van der Waals surface area contributed by atoms with Crippen LogP contribution < -0.4 is 10.6 Å². The molecule has 0 bridgehead atoms. The van der Waals surface area contributed by atoms with Crippen LogP contribution in [-0.2, 0) is 22.6 Å². The Hall–Kier alpha value is -1.39. The third-order valence-corrected chi connectivity index (χ3v) is 2.90. The highest BCUT2D eigenvalue weighted by molar-refractivity contribution is 5.96. The zero-order valence-electron chi connectivity index (χ0n) is 9.40. The van der Waals surface area contributed by atoms with E-state index >= 15 is 0 Å². The second-order valence-corrected chi connectivity index (χ2v) is 3.85. The normalized spacial score (nSPS) is 14.0. The van der Waals surface area contributed by atoms with E-state index in [0.717, 1.165) is 24.2 Å². The molecule has 0 atom stereocenters. The number of benzene rings is 1. The Balaban J connectivity index is 2.33. The van der Waals surface area contributed by atoms with Gasteiger partial charge in [0, 0.05) is 19.3 Å². The molecule has 1 aliphatic rings. The fourth-order valence-electron chi connectivity index (χ4n) is 2.17. The first-order chi connectivity index (χ1) is 7.77. The minimum Gasteiger partial charge on any atom is -0.380 e. The highest BCUT2D eigenvalue weighted by atomic mass is 16.5. The first-order valence-electron chi connectivity index (χ1n) is 5.38. The van der Waals surface area contributed by atoms with E-state index in [4.69, 9.17) is 10.5 Å². The second kappa shape index (κ2) is 4.63. The lowest BCUT2D eigenvalue weighted by atomic mass is 10.1. The predicted octanol–water partition coefficient (Wildman–Crippen LogP) is 0.681. The van der Waals surface area contributed by atoms with Crippen LogP contribution in [0.5, 0.6) is 0 Å². The number of hydrogen-bond acceptors (Lipinski definition) is 3. The summed E-state index contributed by atoms with van der Waals surface area (Å²) >= 11 is 0. The van der Waals surface area contributed by atoms with Crippen LogP contribution in [0.2, 0.25) is 0 Å². The first-order valence-corrected chi connectivity index (χ1v) is 5.38. The van der Waals surface area contributed by atoms with Crippen LogP contribution in [-0.4, -0.2) is 26.1 Å². The van der Waals surface area contributed by atoms with Gasteiger partial charge in [0.25, 0.3) is 0 Å². The van der Waals surface area contributed by atoms with Crippen LogP contribution in [0.4, 0.5) is 5.69 Å². The zero-order valence-corrected chi connectivity index (χ0v) is 9.40. The van der Waals surface area contributed by atoms with Crippen LogP contribution >= 0.6 is 0 Å². The standard InChI is InChI=1S/C12H16N2O2/c1-16-8-9-3-2-4-11-10(9)5-6-14(11)12(15)7-13/h2-4H,5-8,13H2,1H3. The summed E-state index contributed by atoms with van der Waals surface area (Å²) in [6.45, 7) is 1.38. The fraction of sp³-hybridized carbons (Fsp3) is 0.417. The number of nitrogens with two attached hydrogens (primary N) is 1. The monoisotopic (exact) mass is 220 g/mol. The van der Waals surface area contributed by atoms with Gasteiger partial charge in [0.1, 0.15) is 0 Å². The van der Waals surface area contributed by atoms with Crippen LogP contribution in [0.3, 0.4) is 0 Å². The lowest BCUT2D eigenvalue weighted by molar-refractivity contribution is -0.117. The number of carbonyl (C=O) groups excluding carboxylic acids is 1. The van der Waals surface area contributed by atoms with Gasteiger partial charge in [-0.05, 0) is 23.6 Å². The molecule has 0 aromatic heterocycles. The summed E-state index contributed by atoms with van der Waals surface area (Å²) in [7, 11) is 1.68. The Labute approximate surface area is 95.0 Å². The summed E-state index contributed by atoms with van der Waals surface area (Å²) in [6.07, 6.45) is 0.889. The van der Waals surface area contributed by atoms with Crippen LogP contribution in [0.1, 0.15) is 11.1 Å². The van der Waals surface area contributed by atoms with E-state index in [2.05, 4.69) is 0 Å². The molecule has 0 unspecified atom stereocenters. The number of anilines is 1. The highest BCUT2D eigenvalue weighted by Gasteiger charge is 2.25. The van der Waals surface area contributed by atoms with Gasteiger partial charge in [-0.2, -0.15) is 0 Å². The molecular formula is C12H16N2O2. The van der Waals surface area contributed by atoms with Gasteiger partial charge < -0.3 is 15.4 Å². The summed E-state index contributed by atoms with van der Waals surface area (Å²) in [5.74, 6) is -0.0201. The van der Waals surface area contributed by atoms with Gasteiger partial charge in [-0.1, -0.05) is 12.1 Å². The maximum Gasteiger partial charge on any atom is 0.240 e. The Morgan fingerprint density at radius 2 is 2.38 bits per heavy atom. The molecular weight excluding hydrogens is 204 g/mol. The Morgan fingerprint density at radius 1 is 1.56 bits per heavy atom. The summed E-state index contributed by atoms with van der Waals surface area (Å²) < 4.78 is 5.15. The number of ether oxygens (including phenoxy) is 1. The quantitative estimate of drug-likeness (QED) is 0.815. The summed E-state index contributed by atoms with van der Waals surface area (Å²) in [4.78, 5) is 13.4. The molecule has 0 fully saturated rings. The minimum absolute atomic E-state index is 0.0201. The second-order valence-electron chi connectivity index (χ2n) is 3.85. The molecule has 1 heterocycles. The molecule has 2 rings (SSSR count). The largest absolute Gasteiger partial charge is 0.380 e. The number of methoxy groups -OCH3 is 1. The summed E-state index contributed by atoms with van der Waals surface area (Å²) in [5, 5.41) is 0. The molecule has 4 heteroatoms. The number of fused-ring (bicyclic) bond motifs is 1. The average Bonchev–Trinajstić information content (AvgIpc) is 2.73. The molecule has 0 aliphatic carbocycles. The lowest BCUT2D eigenvalue weighted by Gasteiger charge is -2.16. The van der Waals surface area contributed by atoms with Gasteiger partial charge >= 0.3 is 0 Å². The summed E-state index contributed by atoms with van der Waals surface area (Å²) in [5.41, 5.74) is 8.75. The van der Waals surface area contributed by atoms with Crippen molar-refractivity contribution in [1.82, 2.24) is 0 Å². The maximum absolute atomic E-state index is 11.6. The fourth-order valence-corrected chi connectivity index (χ4v) is 2.17. The van der Waals surface area contributed by atoms with Gasteiger partial charge in [-0.15, -0.1) is 0 Å². The van der Waals surface area contributed by atoms with E-state index in [1.54, 1.807) is 12.0 Å². The van der Waals surface area contributed by atoms with E-state index in [1.165, 1.54) is 5.56 Å². The van der Waals surface area contributed by atoms with Crippen molar-refractivity contribution in [1.29, 1.82) is 0 Å². The molecule has 1 aromatic carbocycles. The van der Waals surface area contributed by atoms with E-state index in [9.17, 15) is 4.79 Å². The van der Waals surface area contributed by atoms with Gasteiger partial charge in [-0.3, -0.25) is 4.79 Å². The van der Waals surface area contributed by atoms with Crippen LogP contribution in [0.15, 0.2) is 18.2 Å². The lowest BCUT2D eigenvalue weighted by Crippen LogP contribution is -2.34. The SMILES string of the molecule is COCc1cccc2c1CCN2C(=O)CN. The number of rotatable bonds is 3. The molecule has 1 aromatic rings. The third kappa shape index (κ3) is 1.81. The molecule has 0 saturated carbocycles. The number of carbonyl (C=O) groups is 1. The number of nitrogens with zero attached hydrogens (tertiary/aromatic N) is 1. The minimum atomic E-state index is -0.0201. The number of hydrogen-bond donors (Lipinski definition) is 1. The van der Waals surface area contributed by atoms with E-state index < -0.39 is 0 Å². The van der Waals surface area contributed by atoms with Crippen molar-refractivity contribution in [2.75, 3.05) is 25.1 Å². The molecule has 86 valence electrons. The summed E-state index contributed by atoms with van der Waals surface area (Å²) in [6, 6.07) is 5.96. The maximum atomic E-state index is 11.6. The molecule has 1 aliphatic heterocycles. The van der Waals surface area contributed by atoms with Gasteiger partial charge in [0.05, 0.1) is 13.2 Å². The topological polar surface area (TPSA) is 55.6 Å². The average molecular weight is 220 g/mol. The molecule has 0 radical (unpaired) electrons. The van der Waals surface area contributed by atoms with Crippen molar-refractivity contribution in [3.05, 3.63) is 29.3 Å². The molecule has 1 amide bonds. The molecule has 0 saturated heterocycles. The van der Waals surface area contributed by atoms with Gasteiger partial charge in [-0.25, -0.2) is 0 Å². The van der Waals surface area contributed by atoms with Crippen molar-refractivity contribution in [2.45, 2.75) is 13.0 Å². The first kappa shape index (κ1) is 11.1. The molecule has 4 nitrogen and oxygen atoms in total. The van der Waals surface area contributed by atoms with E-state index in [0.29, 0.717) is 6.61 Å². The van der Waals surface area contributed by atoms with Crippen LogP contribution in [0, 0.1) is 0 Å². The van der Waals surface area contributed by atoms with E-state index in [1.807, 2.05) is 18.2 Å². The predicted molar refractivity (Wildman–Crippen MR) is 62.3 cm³/mol.